The Hall–Kier alpha value is -0.0500. The molecule has 1 aromatic rings. The van der Waals surface area contributed by atoms with Crippen LogP contribution in [0.4, 0.5) is 0 Å². The summed E-state index contributed by atoms with van der Waals surface area (Å²) in [6, 6.07) is 4.88. The molecule has 0 spiro atoms. The molecule has 0 saturated heterocycles. The third kappa shape index (κ3) is 2.72. The quantitative estimate of drug-likeness (QED) is 0.835. The third-order valence-corrected chi connectivity index (χ3v) is 4.10. The van der Waals surface area contributed by atoms with Crippen molar-refractivity contribution in [2.24, 2.45) is 5.92 Å². The van der Waals surface area contributed by atoms with E-state index in [9.17, 15) is 0 Å². The normalized spacial score (nSPS) is 26.1. The van der Waals surface area contributed by atoms with Gasteiger partial charge in [-0.3, -0.25) is 0 Å². The molecule has 0 bridgehead atoms. The van der Waals surface area contributed by atoms with E-state index in [-0.39, 0.29) is 0 Å². The summed E-state index contributed by atoms with van der Waals surface area (Å²) < 4.78 is 0.900. The Morgan fingerprint density at radius 1 is 1.50 bits per heavy atom. The average Bonchev–Trinajstić information content (AvgIpc) is 2.48. The Kier molecular flexibility index (Phi) is 3.47. The van der Waals surface area contributed by atoms with Crippen LogP contribution in [0.5, 0.6) is 0 Å². The molecule has 1 aromatic heterocycles. The van der Waals surface area contributed by atoms with Crippen molar-refractivity contribution in [1.29, 1.82) is 0 Å². The van der Waals surface area contributed by atoms with E-state index in [1.165, 1.54) is 17.7 Å². The summed E-state index contributed by atoms with van der Waals surface area (Å²) in [6.45, 7) is 3.41. The molecule has 0 unspecified atom stereocenters. The van der Waals surface area contributed by atoms with Crippen LogP contribution in [0.1, 0.15) is 24.6 Å². The molecule has 1 fully saturated rings. The second kappa shape index (κ2) is 4.65. The zero-order chi connectivity index (χ0) is 9.97. The van der Waals surface area contributed by atoms with Gasteiger partial charge in [0.15, 0.2) is 0 Å². The summed E-state index contributed by atoms with van der Waals surface area (Å²) >= 11 is 7.55. The predicted octanol–water partition coefficient (Wildman–Crippen LogP) is 3.33. The topological polar surface area (TPSA) is 12.0 Å². The highest BCUT2D eigenvalue weighted by Gasteiger charge is 2.24. The van der Waals surface area contributed by atoms with Crippen LogP contribution in [0.2, 0.25) is 4.34 Å². The molecule has 1 N–H and O–H groups in total. The number of hydrogen-bond acceptors (Lipinski definition) is 2. The first-order valence-corrected chi connectivity index (χ1v) is 6.41. The molecule has 0 amide bonds. The van der Waals surface area contributed by atoms with Crippen molar-refractivity contribution in [2.45, 2.75) is 32.2 Å². The van der Waals surface area contributed by atoms with E-state index < -0.39 is 0 Å². The van der Waals surface area contributed by atoms with Crippen molar-refractivity contribution in [3.8, 4) is 0 Å². The molecule has 14 heavy (non-hydrogen) atoms. The summed E-state index contributed by atoms with van der Waals surface area (Å²) in [5.74, 6) is 0.934. The lowest BCUT2D eigenvalue weighted by molar-refractivity contribution is 0.243. The molecule has 2 rings (SSSR count). The minimum atomic E-state index is 0.778. The fourth-order valence-electron chi connectivity index (χ4n) is 1.95. The Bertz CT molecular complexity index is 291. The van der Waals surface area contributed by atoms with Crippen molar-refractivity contribution >= 4 is 22.9 Å². The van der Waals surface area contributed by atoms with Crippen LogP contribution < -0.4 is 5.32 Å². The highest BCUT2D eigenvalue weighted by molar-refractivity contribution is 7.16. The molecule has 1 saturated carbocycles. The van der Waals surface area contributed by atoms with Gasteiger partial charge in [-0.25, -0.2) is 0 Å². The number of halogens is 1. The van der Waals surface area contributed by atoms with Crippen LogP contribution in [-0.4, -0.2) is 12.6 Å². The van der Waals surface area contributed by atoms with Crippen molar-refractivity contribution in [3.63, 3.8) is 0 Å². The summed E-state index contributed by atoms with van der Waals surface area (Å²) in [5, 5.41) is 3.57. The number of thiophene rings is 1. The first-order valence-electron chi connectivity index (χ1n) is 5.21. The molecular weight excluding hydrogens is 214 g/mol. The van der Waals surface area contributed by atoms with Crippen molar-refractivity contribution in [1.82, 2.24) is 5.32 Å². The van der Waals surface area contributed by atoms with Gasteiger partial charge in [0.25, 0.3) is 0 Å². The monoisotopic (exact) mass is 229 g/mol. The molecule has 0 radical (unpaired) electrons. The number of hydrogen-bond donors (Lipinski definition) is 1. The largest absolute Gasteiger partial charge is 0.314 e. The number of rotatable bonds is 4. The fourth-order valence-corrected chi connectivity index (χ4v) is 3.04. The highest BCUT2D eigenvalue weighted by atomic mass is 35.5. The number of nitrogens with one attached hydrogen (secondary N) is 1. The molecule has 1 aliphatic carbocycles. The van der Waals surface area contributed by atoms with E-state index in [0.717, 1.165) is 29.3 Å². The van der Waals surface area contributed by atoms with Gasteiger partial charge in [0.05, 0.1) is 4.34 Å². The molecule has 0 aromatic carbocycles. The van der Waals surface area contributed by atoms with Crippen molar-refractivity contribution in [2.75, 3.05) is 6.54 Å². The van der Waals surface area contributed by atoms with Gasteiger partial charge in [-0.1, -0.05) is 18.5 Å². The van der Waals surface area contributed by atoms with Crippen LogP contribution in [-0.2, 0) is 6.42 Å². The van der Waals surface area contributed by atoms with Gasteiger partial charge in [-0.15, -0.1) is 11.3 Å². The standard InChI is InChI=1S/C11H16ClNS/c1-8-6-9(7-8)13-5-4-10-2-3-11(12)14-10/h2-3,8-9,13H,4-7H2,1H3. The molecule has 1 nitrogen and oxygen atoms in total. The zero-order valence-electron chi connectivity index (χ0n) is 8.42. The van der Waals surface area contributed by atoms with Crippen molar-refractivity contribution < 1.29 is 0 Å². The van der Waals surface area contributed by atoms with Gasteiger partial charge >= 0.3 is 0 Å². The third-order valence-electron chi connectivity index (χ3n) is 2.81. The maximum atomic E-state index is 5.86. The average molecular weight is 230 g/mol. The van der Waals surface area contributed by atoms with Gasteiger partial charge in [-0.2, -0.15) is 0 Å². The second-order valence-corrected chi connectivity index (χ2v) is 5.98. The first kappa shape index (κ1) is 10.5. The molecule has 1 heterocycles. The fraction of sp³-hybridized carbons (Fsp3) is 0.636. The van der Waals surface area contributed by atoms with E-state index in [0.29, 0.717) is 0 Å². The first-order chi connectivity index (χ1) is 6.74. The second-order valence-electron chi connectivity index (χ2n) is 4.18. The van der Waals surface area contributed by atoms with Gasteiger partial charge in [0, 0.05) is 17.5 Å². The maximum Gasteiger partial charge on any atom is 0.0931 e. The van der Waals surface area contributed by atoms with Crippen LogP contribution in [0.3, 0.4) is 0 Å². The summed E-state index contributed by atoms with van der Waals surface area (Å²) in [7, 11) is 0. The lowest BCUT2D eigenvalue weighted by atomic mass is 9.82. The van der Waals surface area contributed by atoms with E-state index in [1.807, 2.05) is 6.07 Å². The van der Waals surface area contributed by atoms with E-state index in [4.69, 9.17) is 11.6 Å². The Morgan fingerprint density at radius 2 is 2.29 bits per heavy atom. The minimum Gasteiger partial charge on any atom is -0.314 e. The van der Waals surface area contributed by atoms with E-state index in [2.05, 4.69) is 18.3 Å². The summed E-state index contributed by atoms with van der Waals surface area (Å²) in [6.07, 6.45) is 3.82. The molecule has 3 heteroatoms. The Labute approximate surface area is 94.5 Å². The summed E-state index contributed by atoms with van der Waals surface area (Å²) in [4.78, 5) is 1.38. The Balaban J connectivity index is 1.63. The van der Waals surface area contributed by atoms with Crippen LogP contribution >= 0.6 is 22.9 Å². The summed E-state index contributed by atoms with van der Waals surface area (Å²) in [5.41, 5.74) is 0. The van der Waals surface area contributed by atoms with Crippen LogP contribution in [0.25, 0.3) is 0 Å². The van der Waals surface area contributed by atoms with Crippen LogP contribution in [0, 0.1) is 5.92 Å². The van der Waals surface area contributed by atoms with Crippen LogP contribution in [0.15, 0.2) is 12.1 Å². The smallest absolute Gasteiger partial charge is 0.0931 e. The van der Waals surface area contributed by atoms with Crippen molar-refractivity contribution in [3.05, 3.63) is 21.3 Å². The minimum absolute atomic E-state index is 0.778. The molecule has 0 atom stereocenters. The molecular formula is C11H16ClNS. The lowest BCUT2D eigenvalue weighted by Crippen LogP contribution is -2.40. The van der Waals surface area contributed by atoms with Gasteiger partial charge < -0.3 is 5.32 Å². The SMILES string of the molecule is CC1CC(NCCc2ccc(Cl)s2)C1. The zero-order valence-corrected chi connectivity index (χ0v) is 10.00. The van der Waals surface area contributed by atoms with E-state index >= 15 is 0 Å². The predicted molar refractivity (Wildman–Crippen MR) is 63.2 cm³/mol. The van der Waals surface area contributed by atoms with Gasteiger partial charge in [0.1, 0.15) is 0 Å². The lowest BCUT2D eigenvalue weighted by Gasteiger charge is -2.33. The Morgan fingerprint density at radius 3 is 2.86 bits per heavy atom. The highest BCUT2D eigenvalue weighted by Crippen LogP contribution is 2.26. The van der Waals surface area contributed by atoms with Gasteiger partial charge in [0.2, 0.25) is 0 Å². The molecule has 0 aliphatic heterocycles. The van der Waals surface area contributed by atoms with Gasteiger partial charge in [-0.05, 0) is 37.3 Å². The maximum absolute atomic E-state index is 5.86. The molecule has 1 aliphatic rings. The molecule has 78 valence electrons. The van der Waals surface area contributed by atoms with E-state index in [1.54, 1.807) is 11.3 Å².